The SMILES string of the molecule is Fc1ccc(N2C(=S)N[C@@H](c3ccccn3)[C@H]2c2cccn2-c2ccccc2F)cc1. The van der Waals surface area contributed by atoms with Crippen molar-refractivity contribution in [3.8, 4) is 5.69 Å². The fraction of sp³-hybridized carbons (Fsp3) is 0.0833. The smallest absolute Gasteiger partial charge is 0.174 e. The molecule has 7 heteroatoms. The molecule has 0 unspecified atom stereocenters. The van der Waals surface area contributed by atoms with Gasteiger partial charge in [0.1, 0.15) is 17.7 Å². The molecule has 0 saturated carbocycles. The van der Waals surface area contributed by atoms with Crippen LogP contribution in [0.3, 0.4) is 0 Å². The average Bonchev–Trinajstić information content (AvgIpc) is 3.39. The van der Waals surface area contributed by atoms with Gasteiger partial charge in [0.25, 0.3) is 0 Å². The normalized spacial score (nSPS) is 18.3. The second-order valence-electron chi connectivity index (χ2n) is 7.23. The summed E-state index contributed by atoms with van der Waals surface area (Å²) >= 11 is 5.68. The highest BCUT2D eigenvalue weighted by Gasteiger charge is 2.42. The maximum absolute atomic E-state index is 14.7. The quantitative estimate of drug-likeness (QED) is 0.442. The van der Waals surface area contributed by atoms with Gasteiger partial charge in [-0.2, -0.15) is 0 Å². The van der Waals surface area contributed by atoms with Gasteiger partial charge in [0, 0.05) is 23.8 Å². The minimum absolute atomic E-state index is 0.279. The zero-order valence-electron chi connectivity index (χ0n) is 16.3. The number of thiocarbonyl (C=S) groups is 1. The van der Waals surface area contributed by atoms with Crippen LogP contribution in [0.5, 0.6) is 0 Å². The van der Waals surface area contributed by atoms with E-state index in [4.69, 9.17) is 12.2 Å². The van der Waals surface area contributed by atoms with Crippen LogP contribution in [0.25, 0.3) is 5.69 Å². The molecule has 2 atom stereocenters. The molecule has 4 aromatic rings. The van der Waals surface area contributed by atoms with E-state index < -0.39 is 0 Å². The number of halogens is 2. The van der Waals surface area contributed by atoms with Crippen LogP contribution in [0.2, 0.25) is 0 Å². The van der Waals surface area contributed by atoms with Crippen LogP contribution >= 0.6 is 12.2 Å². The van der Waals surface area contributed by atoms with E-state index in [2.05, 4.69) is 10.3 Å². The van der Waals surface area contributed by atoms with Gasteiger partial charge in [-0.1, -0.05) is 18.2 Å². The molecule has 0 aliphatic carbocycles. The topological polar surface area (TPSA) is 33.1 Å². The van der Waals surface area contributed by atoms with Crippen LogP contribution in [0.4, 0.5) is 14.5 Å². The minimum Gasteiger partial charge on any atom is -0.351 e. The van der Waals surface area contributed by atoms with E-state index in [9.17, 15) is 8.78 Å². The summed E-state index contributed by atoms with van der Waals surface area (Å²) in [5, 5.41) is 3.85. The zero-order valence-corrected chi connectivity index (χ0v) is 17.1. The molecule has 2 aromatic carbocycles. The second-order valence-corrected chi connectivity index (χ2v) is 7.61. The molecule has 3 heterocycles. The van der Waals surface area contributed by atoms with Gasteiger partial charge in [-0.3, -0.25) is 4.98 Å². The van der Waals surface area contributed by atoms with Crippen molar-refractivity contribution in [3.63, 3.8) is 0 Å². The molecule has 1 N–H and O–H groups in total. The summed E-state index contributed by atoms with van der Waals surface area (Å²) in [4.78, 5) is 6.46. The molecular formula is C24H18F2N4S. The first-order chi connectivity index (χ1) is 15.1. The summed E-state index contributed by atoms with van der Waals surface area (Å²) in [6.45, 7) is 0. The van der Waals surface area contributed by atoms with Crippen molar-refractivity contribution in [2.75, 3.05) is 4.90 Å². The molecule has 1 saturated heterocycles. The Bertz CT molecular complexity index is 1220. The number of pyridine rings is 1. The Morgan fingerprint density at radius 3 is 2.39 bits per heavy atom. The zero-order chi connectivity index (χ0) is 21.4. The highest BCUT2D eigenvalue weighted by molar-refractivity contribution is 7.80. The van der Waals surface area contributed by atoms with E-state index in [0.717, 1.165) is 17.1 Å². The molecule has 5 rings (SSSR count). The van der Waals surface area contributed by atoms with Crippen molar-refractivity contribution in [2.24, 2.45) is 0 Å². The molecule has 0 radical (unpaired) electrons. The second kappa shape index (κ2) is 7.92. The van der Waals surface area contributed by atoms with Crippen LogP contribution in [-0.4, -0.2) is 14.7 Å². The van der Waals surface area contributed by atoms with E-state index in [1.165, 1.54) is 18.2 Å². The molecule has 1 aliphatic heterocycles. The van der Waals surface area contributed by atoms with Gasteiger partial charge in [0.2, 0.25) is 0 Å². The maximum Gasteiger partial charge on any atom is 0.174 e. The van der Waals surface area contributed by atoms with E-state index in [0.29, 0.717) is 10.8 Å². The lowest BCUT2D eigenvalue weighted by atomic mass is 10.0. The lowest BCUT2D eigenvalue weighted by Gasteiger charge is -2.29. The molecule has 2 aromatic heterocycles. The fourth-order valence-corrected chi connectivity index (χ4v) is 4.38. The van der Waals surface area contributed by atoms with E-state index in [1.807, 2.05) is 46.0 Å². The highest BCUT2D eigenvalue weighted by Crippen LogP contribution is 2.42. The summed E-state index contributed by atoms with van der Waals surface area (Å²) in [6.07, 6.45) is 3.56. The third-order valence-corrected chi connectivity index (χ3v) is 5.71. The molecule has 31 heavy (non-hydrogen) atoms. The summed E-state index contributed by atoms with van der Waals surface area (Å²) in [5.41, 5.74) is 2.82. The number of hydrogen-bond acceptors (Lipinski definition) is 2. The van der Waals surface area contributed by atoms with Gasteiger partial charge in [-0.15, -0.1) is 0 Å². The van der Waals surface area contributed by atoms with Crippen LogP contribution in [0.1, 0.15) is 23.5 Å². The Hall–Kier alpha value is -3.58. The molecule has 0 bridgehead atoms. The number of nitrogens with one attached hydrogen (secondary N) is 1. The summed E-state index contributed by atoms with van der Waals surface area (Å²) < 4.78 is 30.1. The standard InChI is InChI=1S/C24H18F2N4S/c25-16-10-12-17(13-11-16)30-23(22(28-24(30)31)19-7-3-4-14-27-19)21-9-5-15-29(21)20-8-2-1-6-18(20)26/h1-15,22-23H,(H,28,31)/t22-,23+/m0/s1. The number of rotatable bonds is 4. The maximum atomic E-state index is 14.7. The molecule has 154 valence electrons. The van der Waals surface area contributed by atoms with Gasteiger partial charge in [0.05, 0.1) is 17.4 Å². The van der Waals surface area contributed by atoms with Crippen molar-refractivity contribution >= 4 is 23.0 Å². The van der Waals surface area contributed by atoms with Crippen LogP contribution in [0, 0.1) is 11.6 Å². The van der Waals surface area contributed by atoms with E-state index >= 15 is 0 Å². The monoisotopic (exact) mass is 432 g/mol. The predicted octanol–water partition coefficient (Wildman–Crippen LogP) is 5.33. The largest absolute Gasteiger partial charge is 0.351 e. The van der Waals surface area contributed by atoms with Crippen molar-refractivity contribution in [3.05, 3.63) is 114 Å². The first kappa shape index (κ1) is 19.4. The number of aromatic nitrogens is 2. The van der Waals surface area contributed by atoms with Crippen molar-refractivity contribution in [1.29, 1.82) is 0 Å². The number of nitrogens with zero attached hydrogens (tertiary/aromatic N) is 3. The molecule has 0 amide bonds. The van der Waals surface area contributed by atoms with Crippen LogP contribution in [-0.2, 0) is 0 Å². The summed E-state index contributed by atoms with van der Waals surface area (Å²) in [5.74, 6) is -0.648. The van der Waals surface area contributed by atoms with E-state index in [1.54, 1.807) is 36.5 Å². The first-order valence-corrected chi connectivity index (χ1v) is 10.2. The van der Waals surface area contributed by atoms with Crippen molar-refractivity contribution in [1.82, 2.24) is 14.9 Å². The predicted molar refractivity (Wildman–Crippen MR) is 120 cm³/mol. The molecule has 1 aliphatic rings. The number of anilines is 1. The lowest BCUT2D eigenvalue weighted by Crippen LogP contribution is -2.30. The Kier molecular flexibility index (Phi) is 4.95. The summed E-state index contributed by atoms with van der Waals surface area (Å²) in [6, 6.07) is 21.7. The molecule has 0 spiro atoms. The van der Waals surface area contributed by atoms with Gasteiger partial charge in [-0.05, 0) is 72.9 Å². The molecule has 1 fully saturated rings. The fourth-order valence-electron chi connectivity index (χ4n) is 4.04. The Balaban J connectivity index is 1.68. The van der Waals surface area contributed by atoms with Gasteiger partial charge in [0.15, 0.2) is 5.11 Å². The molecule has 4 nitrogen and oxygen atoms in total. The van der Waals surface area contributed by atoms with Crippen LogP contribution < -0.4 is 10.2 Å². The van der Waals surface area contributed by atoms with Crippen molar-refractivity contribution in [2.45, 2.75) is 12.1 Å². The van der Waals surface area contributed by atoms with E-state index in [-0.39, 0.29) is 23.7 Å². The van der Waals surface area contributed by atoms with Crippen LogP contribution in [0.15, 0.2) is 91.3 Å². The minimum atomic E-state index is -0.331. The van der Waals surface area contributed by atoms with Crippen molar-refractivity contribution < 1.29 is 8.78 Å². The Labute approximate surface area is 183 Å². The van der Waals surface area contributed by atoms with Gasteiger partial charge < -0.3 is 14.8 Å². The first-order valence-electron chi connectivity index (χ1n) is 9.82. The average molecular weight is 432 g/mol. The number of para-hydroxylation sites is 1. The summed E-state index contributed by atoms with van der Waals surface area (Å²) in [7, 11) is 0. The van der Waals surface area contributed by atoms with Gasteiger partial charge >= 0.3 is 0 Å². The third-order valence-electron chi connectivity index (χ3n) is 5.40. The lowest BCUT2D eigenvalue weighted by molar-refractivity contribution is 0.544. The number of benzene rings is 2. The van der Waals surface area contributed by atoms with Gasteiger partial charge in [-0.25, -0.2) is 8.78 Å². The Morgan fingerprint density at radius 1 is 0.871 bits per heavy atom. The highest BCUT2D eigenvalue weighted by atomic mass is 32.1. The number of hydrogen-bond donors (Lipinski definition) is 1. The Morgan fingerprint density at radius 2 is 1.65 bits per heavy atom. The third kappa shape index (κ3) is 3.47. The molecular weight excluding hydrogens is 414 g/mol.